The van der Waals surface area contributed by atoms with Gasteiger partial charge in [-0.3, -0.25) is 4.79 Å². The van der Waals surface area contributed by atoms with Gasteiger partial charge >= 0.3 is 0 Å². The third-order valence-corrected chi connectivity index (χ3v) is 4.12. The minimum atomic E-state index is -0.585. The molecule has 0 spiro atoms. The molecule has 0 aliphatic rings. The fraction of sp³-hybridized carbons (Fsp3) is 0.562. The maximum Gasteiger partial charge on any atom is 0.227 e. The van der Waals surface area contributed by atoms with Gasteiger partial charge < -0.3 is 11.1 Å². The molecule has 1 amide bonds. The van der Waals surface area contributed by atoms with E-state index in [9.17, 15) is 4.79 Å². The number of amides is 1. The molecular weight excluding hydrogens is 236 g/mol. The van der Waals surface area contributed by atoms with Crippen LogP contribution in [0.2, 0.25) is 0 Å². The number of hydrogen-bond acceptors (Lipinski definition) is 2. The maximum atomic E-state index is 12.2. The second-order valence-electron chi connectivity index (χ2n) is 6.28. The zero-order valence-electron chi connectivity index (χ0n) is 12.7. The van der Waals surface area contributed by atoms with Crippen molar-refractivity contribution < 1.29 is 4.79 Å². The predicted octanol–water partition coefficient (Wildman–Crippen LogP) is 2.42. The Balaban J connectivity index is 2.55. The number of hydrogen-bond donors (Lipinski definition) is 2. The van der Waals surface area contributed by atoms with Gasteiger partial charge in [0.2, 0.25) is 5.91 Å². The normalized spacial score (nSPS) is 12.3. The van der Waals surface area contributed by atoms with Crippen LogP contribution in [0.25, 0.3) is 0 Å². The smallest absolute Gasteiger partial charge is 0.227 e. The van der Waals surface area contributed by atoms with Crippen molar-refractivity contribution in [3.63, 3.8) is 0 Å². The summed E-state index contributed by atoms with van der Waals surface area (Å²) in [7, 11) is 0. The molecule has 0 aliphatic carbocycles. The van der Waals surface area contributed by atoms with Gasteiger partial charge in [-0.1, -0.05) is 24.3 Å². The molecule has 0 unspecified atom stereocenters. The quantitative estimate of drug-likeness (QED) is 0.856. The van der Waals surface area contributed by atoms with Crippen LogP contribution in [0.3, 0.4) is 0 Å². The summed E-state index contributed by atoms with van der Waals surface area (Å²) in [5.74, 6) is 0.00795. The average molecular weight is 262 g/mol. The molecule has 3 nitrogen and oxygen atoms in total. The van der Waals surface area contributed by atoms with Gasteiger partial charge in [-0.15, -0.1) is 0 Å². The molecular formula is C16H26N2O. The number of carbonyl (C=O) groups is 1. The molecule has 0 aliphatic heterocycles. The highest BCUT2D eigenvalue weighted by Crippen LogP contribution is 2.28. The van der Waals surface area contributed by atoms with Gasteiger partial charge in [0.05, 0.1) is 5.41 Å². The predicted molar refractivity (Wildman–Crippen MR) is 79.9 cm³/mol. The van der Waals surface area contributed by atoms with Crippen molar-refractivity contribution >= 4 is 5.91 Å². The third kappa shape index (κ3) is 3.80. The van der Waals surface area contributed by atoms with Gasteiger partial charge in [-0.25, -0.2) is 0 Å². The lowest BCUT2D eigenvalue weighted by atomic mass is 9.74. The summed E-state index contributed by atoms with van der Waals surface area (Å²) in [6.07, 6.45) is 0.847. The molecule has 0 atom stereocenters. The van der Waals surface area contributed by atoms with Crippen LogP contribution in [-0.2, 0) is 11.2 Å². The summed E-state index contributed by atoms with van der Waals surface area (Å²) in [6.45, 7) is 10.3. The second kappa shape index (κ2) is 5.74. The highest BCUT2D eigenvalue weighted by Gasteiger charge is 2.40. The number of nitrogens with two attached hydrogens (primary N) is 1. The number of carbonyl (C=O) groups excluding carboxylic acids is 1. The van der Waals surface area contributed by atoms with Crippen molar-refractivity contribution in [1.29, 1.82) is 0 Å². The fourth-order valence-electron chi connectivity index (χ4n) is 1.71. The molecule has 0 fully saturated rings. The zero-order valence-corrected chi connectivity index (χ0v) is 12.7. The van der Waals surface area contributed by atoms with Crippen LogP contribution in [0.15, 0.2) is 24.3 Å². The molecule has 1 rings (SSSR count). The number of rotatable bonds is 5. The van der Waals surface area contributed by atoms with E-state index >= 15 is 0 Å². The fourth-order valence-corrected chi connectivity index (χ4v) is 1.71. The Labute approximate surface area is 116 Å². The first-order valence-electron chi connectivity index (χ1n) is 6.78. The van der Waals surface area contributed by atoms with E-state index < -0.39 is 11.0 Å². The van der Waals surface area contributed by atoms with Crippen LogP contribution in [0.5, 0.6) is 0 Å². The molecule has 0 saturated heterocycles. The molecule has 0 bridgehead atoms. The van der Waals surface area contributed by atoms with Crippen LogP contribution in [0, 0.1) is 12.3 Å². The summed E-state index contributed by atoms with van der Waals surface area (Å²) < 4.78 is 0. The number of nitrogens with one attached hydrogen (secondary N) is 1. The number of benzene rings is 1. The molecule has 0 saturated carbocycles. The van der Waals surface area contributed by atoms with E-state index in [2.05, 4.69) is 24.4 Å². The summed E-state index contributed by atoms with van der Waals surface area (Å²) in [6, 6.07) is 8.23. The van der Waals surface area contributed by atoms with E-state index in [1.807, 2.05) is 39.8 Å². The molecule has 0 aromatic heterocycles. The van der Waals surface area contributed by atoms with Crippen molar-refractivity contribution in [3.05, 3.63) is 35.4 Å². The Morgan fingerprint density at radius 2 is 1.79 bits per heavy atom. The summed E-state index contributed by atoms with van der Waals surface area (Å²) in [5.41, 5.74) is 7.46. The van der Waals surface area contributed by atoms with Crippen LogP contribution in [0.4, 0.5) is 0 Å². The van der Waals surface area contributed by atoms with E-state index in [1.54, 1.807) is 0 Å². The van der Waals surface area contributed by atoms with Crippen molar-refractivity contribution in [2.24, 2.45) is 11.1 Å². The van der Waals surface area contributed by atoms with E-state index in [1.165, 1.54) is 11.1 Å². The molecule has 1 aromatic carbocycles. The molecule has 0 heterocycles. The highest BCUT2D eigenvalue weighted by atomic mass is 16.2. The molecule has 1 aromatic rings. The summed E-state index contributed by atoms with van der Waals surface area (Å²) in [5, 5.41) is 2.99. The van der Waals surface area contributed by atoms with Gasteiger partial charge in [0.1, 0.15) is 0 Å². The van der Waals surface area contributed by atoms with Crippen molar-refractivity contribution in [1.82, 2.24) is 5.32 Å². The zero-order chi connectivity index (χ0) is 14.7. The Kier molecular flexibility index (Phi) is 4.75. The summed E-state index contributed by atoms with van der Waals surface area (Å²) in [4.78, 5) is 12.2. The van der Waals surface area contributed by atoms with Gasteiger partial charge in [0.25, 0.3) is 0 Å². The summed E-state index contributed by atoms with van der Waals surface area (Å²) >= 11 is 0. The van der Waals surface area contributed by atoms with Gasteiger partial charge in [-0.2, -0.15) is 0 Å². The topological polar surface area (TPSA) is 55.1 Å². The largest absolute Gasteiger partial charge is 0.355 e. The Bertz CT molecular complexity index is 444. The van der Waals surface area contributed by atoms with Crippen molar-refractivity contribution in [3.8, 4) is 0 Å². The van der Waals surface area contributed by atoms with E-state index in [0.29, 0.717) is 6.54 Å². The van der Waals surface area contributed by atoms with Crippen LogP contribution >= 0.6 is 0 Å². The van der Waals surface area contributed by atoms with E-state index in [0.717, 1.165) is 6.42 Å². The van der Waals surface area contributed by atoms with Crippen LogP contribution in [-0.4, -0.2) is 18.0 Å². The maximum absolute atomic E-state index is 12.2. The number of aryl methyl sites for hydroxylation is 1. The lowest BCUT2D eigenvalue weighted by Gasteiger charge is -2.36. The Morgan fingerprint density at radius 1 is 1.21 bits per heavy atom. The Morgan fingerprint density at radius 3 is 2.32 bits per heavy atom. The van der Waals surface area contributed by atoms with Gasteiger partial charge in [0.15, 0.2) is 0 Å². The lowest BCUT2D eigenvalue weighted by molar-refractivity contribution is -0.132. The highest BCUT2D eigenvalue weighted by molar-refractivity contribution is 5.83. The molecule has 106 valence electrons. The molecule has 3 N–H and O–H groups in total. The first kappa shape index (κ1) is 15.7. The molecule has 0 radical (unpaired) electrons. The van der Waals surface area contributed by atoms with Crippen molar-refractivity contribution in [2.75, 3.05) is 6.54 Å². The monoisotopic (exact) mass is 262 g/mol. The lowest BCUT2D eigenvalue weighted by Crippen LogP contribution is -2.55. The van der Waals surface area contributed by atoms with Crippen LogP contribution in [0.1, 0.15) is 38.8 Å². The first-order valence-corrected chi connectivity index (χ1v) is 6.78. The SMILES string of the molecule is Cc1ccccc1CCNC(=O)C(C)(C)C(C)(C)N. The second-order valence-corrected chi connectivity index (χ2v) is 6.28. The molecule has 19 heavy (non-hydrogen) atoms. The average Bonchev–Trinajstić information content (AvgIpc) is 2.30. The standard InChI is InChI=1S/C16H26N2O/c1-12-8-6-7-9-13(12)10-11-18-14(19)15(2,3)16(4,5)17/h6-9H,10-11,17H2,1-5H3,(H,18,19). The van der Waals surface area contributed by atoms with Gasteiger partial charge in [-0.05, 0) is 52.2 Å². The minimum absolute atomic E-state index is 0.00795. The van der Waals surface area contributed by atoms with Gasteiger partial charge in [0, 0.05) is 12.1 Å². The minimum Gasteiger partial charge on any atom is -0.355 e. The molecule has 3 heteroatoms. The van der Waals surface area contributed by atoms with Crippen molar-refractivity contribution in [2.45, 2.75) is 46.6 Å². The van der Waals surface area contributed by atoms with Crippen LogP contribution < -0.4 is 11.1 Å². The first-order chi connectivity index (χ1) is 8.66. The van der Waals surface area contributed by atoms with E-state index in [-0.39, 0.29) is 5.91 Å². The Hall–Kier alpha value is -1.35. The van der Waals surface area contributed by atoms with E-state index in [4.69, 9.17) is 5.73 Å². The third-order valence-electron chi connectivity index (χ3n) is 4.12.